The van der Waals surface area contributed by atoms with Gasteiger partial charge in [0.1, 0.15) is 5.69 Å². The monoisotopic (exact) mass is 351 g/mol. The first-order valence-corrected chi connectivity index (χ1v) is 7.89. The van der Waals surface area contributed by atoms with Gasteiger partial charge in [-0.1, -0.05) is 19.4 Å². The van der Waals surface area contributed by atoms with Crippen LogP contribution >= 0.6 is 15.9 Å². The number of fused-ring (bicyclic) bond motifs is 1. The summed E-state index contributed by atoms with van der Waals surface area (Å²) in [6, 6.07) is 5.41. The van der Waals surface area contributed by atoms with E-state index >= 15 is 0 Å². The summed E-state index contributed by atoms with van der Waals surface area (Å²) in [6.45, 7) is 4.08. The topological polar surface area (TPSA) is 59.2 Å². The van der Waals surface area contributed by atoms with Crippen molar-refractivity contribution in [2.45, 2.75) is 33.1 Å². The van der Waals surface area contributed by atoms with E-state index in [1.165, 1.54) is 0 Å². The van der Waals surface area contributed by atoms with Crippen molar-refractivity contribution in [1.82, 2.24) is 4.98 Å². The van der Waals surface area contributed by atoms with Crippen molar-refractivity contribution in [3.8, 4) is 0 Å². The van der Waals surface area contributed by atoms with Crippen LogP contribution in [0.4, 0.5) is 0 Å². The first-order chi connectivity index (χ1) is 10.1. The van der Waals surface area contributed by atoms with E-state index in [0.29, 0.717) is 22.9 Å². The van der Waals surface area contributed by atoms with Crippen LogP contribution in [0.3, 0.4) is 0 Å². The van der Waals surface area contributed by atoms with Crippen molar-refractivity contribution in [3.63, 3.8) is 0 Å². The zero-order valence-electron chi connectivity index (χ0n) is 12.2. The molecule has 0 aliphatic carbocycles. The van der Waals surface area contributed by atoms with Gasteiger partial charge in [-0.2, -0.15) is 0 Å². The standard InChI is InChI=1S/C16H18BrNO3/c1-3-5-7-11-14(16(20)21-4-2)18-13-10(15(11)19)8-6-9-12(13)17/h6,8-9H,3-5,7H2,1-2H3,(H,18,19). The number of H-pyrrole nitrogens is 1. The summed E-state index contributed by atoms with van der Waals surface area (Å²) in [4.78, 5) is 27.9. The zero-order chi connectivity index (χ0) is 15.4. The number of esters is 1. The molecule has 21 heavy (non-hydrogen) atoms. The molecule has 2 aromatic rings. The van der Waals surface area contributed by atoms with Gasteiger partial charge in [-0.3, -0.25) is 4.79 Å². The van der Waals surface area contributed by atoms with E-state index in [0.717, 1.165) is 17.3 Å². The van der Waals surface area contributed by atoms with Crippen molar-refractivity contribution in [1.29, 1.82) is 0 Å². The maximum atomic E-state index is 12.7. The molecular weight excluding hydrogens is 334 g/mol. The Kier molecular flexibility index (Phi) is 5.17. The largest absolute Gasteiger partial charge is 0.461 e. The Morgan fingerprint density at radius 2 is 2.10 bits per heavy atom. The Hall–Kier alpha value is -1.62. The van der Waals surface area contributed by atoms with E-state index in [9.17, 15) is 9.59 Å². The lowest BCUT2D eigenvalue weighted by molar-refractivity contribution is 0.0518. The summed E-state index contributed by atoms with van der Waals surface area (Å²) >= 11 is 3.41. The Bertz CT molecular complexity index is 721. The van der Waals surface area contributed by atoms with E-state index in [2.05, 4.69) is 27.8 Å². The van der Waals surface area contributed by atoms with Gasteiger partial charge in [-0.15, -0.1) is 0 Å². The molecule has 2 rings (SSSR count). The van der Waals surface area contributed by atoms with Crippen LogP contribution in [-0.2, 0) is 11.2 Å². The summed E-state index contributed by atoms with van der Waals surface area (Å²) < 4.78 is 5.82. The normalized spacial score (nSPS) is 10.8. The third-order valence-electron chi connectivity index (χ3n) is 3.34. The predicted molar refractivity (Wildman–Crippen MR) is 86.8 cm³/mol. The number of pyridine rings is 1. The lowest BCUT2D eigenvalue weighted by atomic mass is 10.0. The molecule has 1 aromatic carbocycles. The van der Waals surface area contributed by atoms with Crippen LogP contribution in [0.2, 0.25) is 0 Å². The Morgan fingerprint density at radius 3 is 2.76 bits per heavy atom. The Labute approximate surface area is 131 Å². The molecule has 0 aliphatic heterocycles. The number of ether oxygens (including phenoxy) is 1. The maximum Gasteiger partial charge on any atom is 0.355 e. The molecule has 0 unspecified atom stereocenters. The smallest absolute Gasteiger partial charge is 0.355 e. The van der Waals surface area contributed by atoms with Gasteiger partial charge in [-0.05, 0) is 47.8 Å². The predicted octanol–water partition coefficient (Wildman–Crippen LogP) is 3.81. The third kappa shape index (κ3) is 3.18. The molecule has 0 saturated heterocycles. The van der Waals surface area contributed by atoms with Gasteiger partial charge in [0.25, 0.3) is 0 Å². The number of para-hydroxylation sites is 1. The van der Waals surface area contributed by atoms with Crippen molar-refractivity contribution in [3.05, 3.63) is 44.2 Å². The molecule has 1 aromatic heterocycles. The van der Waals surface area contributed by atoms with Crippen LogP contribution in [0.1, 0.15) is 42.7 Å². The van der Waals surface area contributed by atoms with Crippen LogP contribution in [0.25, 0.3) is 10.9 Å². The highest BCUT2D eigenvalue weighted by Crippen LogP contribution is 2.22. The average molecular weight is 352 g/mol. The van der Waals surface area contributed by atoms with E-state index in [4.69, 9.17) is 4.74 Å². The van der Waals surface area contributed by atoms with Crippen LogP contribution in [0, 0.1) is 0 Å². The minimum absolute atomic E-state index is 0.0958. The Morgan fingerprint density at radius 1 is 1.33 bits per heavy atom. The number of hydrogen-bond donors (Lipinski definition) is 1. The number of carbonyl (C=O) groups is 1. The van der Waals surface area contributed by atoms with E-state index in [-0.39, 0.29) is 17.7 Å². The number of halogens is 1. The second kappa shape index (κ2) is 6.89. The van der Waals surface area contributed by atoms with E-state index in [1.54, 1.807) is 13.0 Å². The first-order valence-electron chi connectivity index (χ1n) is 7.10. The van der Waals surface area contributed by atoms with Gasteiger partial charge < -0.3 is 9.72 Å². The molecule has 0 fully saturated rings. The SMILES string of the molecule is CCCCc1c(C(=O)OCC)[nH]c2c(Br)cccc2c1=O. The van der Waals surface area contributed by atoms with Gasteiger partial charge in [-0.25, -0.2) is 4.79 Å². The molecule has 0 spiro atoms. The van der Waals surface area contributed by atoms with Crippen LogP contribution in [0.15, 0.2) is 27.5 Å². The van der Waals surface area contributed by atoms with Gasteiger partial charge >= 0.3 is 5.97 Å². The molecule has 112 valence electrons. The van der Waals surface area contributed by atoms with Crippen LogP contribution in [-0.4, -0.2) is 17.6 Å². The molecule has 1 heterocycles. The van der Waals surface area contributed by atoms with Crippen LogP contribution in [0.5, 0.6) is 0 Å². The molecule has 4 nitrogen and oxygen atoms in total. The number of aromatic amines is 1. The highest BCUT2D eigenvalue weighted by atomic mass is 79.9. The van der Waals surface area contributed by atoms with Gasteiger partial charge in [0.05, 0.1) is 12.1 Å². The molecule has 0 aliphatic rings. The van der Waals surface area contributed by atoms with Crippen molar-refractivity contribution >= 4 is 32.8 Å². The summed E-state index contributed by atoms with van der Waals surface area (Å²) in [6.07, 6.45) is 2.38. The second-order valence-corrected chi connectivity index (χ2v) is 5.65. The van der Waals surface area contributed by atoms with E-state index < -0.39 is 5.97 Å². The third-order valence-corrected chi connectivity index (χ3v) is 4.00. The molecule has 0 amide bonds. The summed E-state index contributed by atoms with van der Waals surface area (Å²) in [7, 11) is 0. The molecule has 0 bridgehead atoms. The number of carbonyl (C=O) groups excluding carboxylic acids is 1. The summed E-state index contributed by atoms with van der Waals surface area (Å²) in [5, 5.41) is 0.587. The highest BCUT2D eigenvalue weighted by Gasteiger charge is 2.19. The number of unbranched alkanes of at least 4 members (excludes halogenated alkanes) is 1. The molecule has 0 radical (unpaired) electrons. The molecule has 0 atom stereocenters. The number of nitrogens with one attached hydrogen (secondary N) is 1. The van der Waals surface area contributed by atoms with E-state index in [1.807, 2.05) is 12.1 Å². The lowest BCUT2D eigenvalue weighted by Gasteiger charge is -2.11. The average Bonchev–Trinajstić information content (AvgIpc) is 2.47. The Balaban J connectivity index is 2.70. The van der Waals surface area contributed by atoms with Crippen LogP contribution < -0.4 is 5.43 Å². The molecule has 0 saturated carbocycles. The molecule has 5 heteroatoms. The lowest BCUT2D eigenvalue weighted by Crippen LogP contribution is -2.20. The molecule has 1 N–H and O–H groups in total. The fraction of sp³-hybridized carbons (Fsp3) is 0.375. The minimum atomic E-state index is -0.474. The number of hydrogen-bond acceptors (Lipinski definition) is 3. The maximum absolute atomic E-state index is 12.7. The number of aromatic nitrogens is 1. The number of benzene rings is 1. The molecular formula is C16H18BrNO3. The minimum Gasteiger partial charge on any atom is -0.461 e. The zero-order valence-corrected chi connectivity index (χ0v) is 13.7. The highest BCUT2D eigenvalue weighted by molar-refractivity contribution is 9.10. The summed E-state index contributed by atoms with van der Waals surface area (Å²) in [5.74, 6) is -0.474. The first kappa shape index (κ1) is 15.8. The number of rotatable bonds is 5. The quantitative estimate of drug-likeness (QED) is 0.833. The fourth-order valence-corrected chi connectivity index (χ4v) is 2.75. The van der Waals surface area contributed by atoms with Crippen molar-refractivity contribution in [2.24, 2.45) is 0 Å². The van der Waals surface area contributed by atoms with Gasteiger partial charge in [0, 0.05) is 15.4 Å². The van der Waals surface area contributed by atoms with Gasteiger partial charge in [0.2, 0.25) is 0 Å². The summed E-state index contributed by atoms with van der Waals surface area (Å²) in [5.41, 5.74) is 1.32. The van der Waals surface area contributed by atoms with Crippen molar-refractivity contribution < 1.29 is 9.53 Å². The van der Waals surface area contributed by atoms with Gasteiger partial charge in [0.15, 0.2) is 5.43 Å². The van der Waals surface area contributed by atoms with Crippen molar-refractivity contribution in [2.75, 3.05) is 6.61 Å². The second-order valence-electron chi connectivity index (χ2n) is 4.79. The fourth-order valence-electron chi connectivity index (χ4n) is 2.29.